The Kier molecular flexibility index (Phi) is 4.58. The number of halogens is 2. The van der Waals surface area contributed by atoms with Gasteiger partial charge in [0.2, 0.25) is 0 Å². The van der Waals surface area contributed by atoms with Crippen molar-refractivity contribution in [1.29, 1.82) is 0 Å². The maximum Gasteiger partial charge on any atom is 0.255 e. The summed E-state index contributed by atoms with van der Waals surface area (Å²) in [5.74, 6) is -0.0831. The van der Waals surface area contributed by atoms with Crippen molar-refractivity contribution in [3.05, 3.63) is 27.7 Å². The molecule has 0 saturated heterocycles. The standard InChI is InChI=1S/C14H18Cl2N2O/c1-18(9-5-3-2-4-6-9)14(19)10-7-13(17)12(16)8-11(10)15/h7-9H,2-6,17H2,1H3. The van der Waals surface area contributed by atoms with E-state index >= 15 is 0 Å². The van der Waals surface area contributed by atoms with Crippen LogP contribution >= 0.6 is 23.2 Å². The number of hydrogen-bond donors (Lipinski definition) is 1. The number of carbonyl (C=O) groups is 1. The molecule has 19 heavy (non-hydrogen) atoms. The molecule has 1 aromatic carbocycles. The number of nitrogen functional groups attached to an aromatic ring is 1. The third-order valence-electron chi connectivity index (χ3n) is 3.76. The maximum atomic E-state index is 12.5. The van der Waals surface area contributed by atoms with Gasteiger partial charge in [0.25, 0.3) is 5.91 Å². The van der Waals surface area contributed by atoms with Crippen molar-refractivity contribution in [1.82, 2.24) is 4.90 Å². The summed E-state index contributed by atoms with van der Waals surface area (Å²) in [6.07, 6.45) is 5.73. The Labute approximate surface area is 123 Å². The van der Waals surface area contributed by atoms with Gasteiger partial charge in [-0.05, 0) is 25.0 Å². The summed E-state index contributed by atoms with van der Waals surface area (Å²) in [6.45, 7) is 0. The second-order valence-corrected chi connectivity index (χ2v) is 5.88. The lowest BCUT2D eigenvalue weighted by atomic mass is 9.94. The van der Waals surface area contributed by atoms with E-state index in [-0.39, 0.29) is 5.91 Å². The fourth-order valence-electron chi connectivity index (χ4n) is 2.55. The first-order chi connectivity index (χ1) is 9.00. The zero-order chi connectivity index (χ0) is 14.0. The van der Waals surface area contributed by atoms with Crippen molar-refractivity contribution in [3.8, 4) is 0 Å². The van der Waals surface area contributed by atoms with Crippen molar-refractivity contribution in [3.63, 3.8) is 0 Å². The molecule has 2 rings (SSSR count). The molecule has 104 valence electrons. The summed E-state index contributed by atoms with van der Waals surface area (Å²) >= 11 is 12.0. The molecule has 1 aromatic rings. The van der Waals surface area contributed by atoms with Crippen LogP contribution in [0.5, 0.6) is 0 Å². The van der Waals surface area contributed by atoms with E-state index in [9.17, 15) is 4.79 Å². The SMILES string of the molecule is CN(C(=O)c1cc(N)c(Cl)cc1Cl)C1CCCCC1. The number of carbonyl (C=O) groups excluding carboxylic acids is 1. The number of benzene rings is 1. The number of amides is 1. The minimum Gasteiger partial charge on any atom is -0.398 e. The molecular weight excluding hydrogens is 283 g/mol. The minimum atomic E-state index is -0.0831. The highest BCUT2D eigenvalue weighted by atomic mass is 35.5. The van der Waals surface area contributed by atoms with Gasteiger partial charge in [0.1, 0.15) is 0 Å². The first kappa shape index (κ1) is 14.5. The first-order valence-corrected chi connectivity index (χ1v) is 7.28. The van der Waals surface area contributed by atoms with E-state index in [1.165, 1.54) is 25.3 Å². The van der Waals surface area contributed by atoms with Crippen LogP contribution in [0.3, 0.4) is 0 Å². The van der Waals surface area contributed by atoms with Crippen LogP contribution < -0.4 is 5.73 Å². The van der Waals surface area contributed by atoms with Crippen LogP contribution in [0.1, 0.15) is 42.5 Å². The number of nitrogens with zero attached hydrogens (tertiary/aromatic N) is 1. The molecule has 0 radical (unpaired) electrons. The van der Waals surface area contributed by atoms with Gasteiger partial charge in [0.15, 0.2) is 0 Å². The van der Waals surface area contributed by atoms with Crippen LogP contribution in [0.2, 0.25) is 10.0 Å². The summed E-state index contributed by atoms with van der Waals surface area (Å²) in [6, 6.07) is 3.39. The van der Waals surface area contributed by atoms with Gasteiger partial charge in [-0.1, -0.05) is 42.5 Å². The monoisotopic (exact) mass is 300 g/mol. The van der Waals surface area contributed by atoms with E-state index in [4.69, 9.17) is 28.9 Å². The minimum absolute atomic E-state index is 0.0831. The Hall–Kier alpha value is -0.930. The Bertz CT molecular complexity index is 485. The predicted octanol–water partition coefficient (Wildman–Crippen LogP) is 3.98. The summed E-state index contributed by atoms with van der Waals surface area (Å²) in [5, 5.41) is 0.730. The van der Waals surface area contributed by atoms with Crippen molar-refractivity contribution < 1.29 is 4.79 Å². The van der Waals surface area contributed by atoms with Crippen LogP contribution in [-0.4, -0.2) is 23.9 Å². The third-order valence-corrected chi connectivity index (χ3v) is 4.40. The average Bonchev–Trinajstić information content (AvgIpc) is 2.42. The van der Waals surface area contributed by atoms with E-state index in [2.05, 4.69) is 0 Å². The molecule has 1 aliphatic rings. The van der Waals surface area contributed by atoms with Gasteiger partial charge in [0.05, 0.1) is 21.3 Å². The fraction of sp³-hybridized carbons (Fsp3) is 0.500. The van der Waals surface area contributed by atoms with E-state index < -0.39 is 0 Å². The molecule has 0 spiro atoms. The lowest BCUT2D eigenvalue weighted by Gasteiger charge is -2.31. The largest absolute Gasteiger partial charge is 0.398 e. The number of rotatable bonds is 2. The molecule has 1 aliphatic carbocycles. The van der Waals surface area contributed by atoms with Crippen LogP contribution in [0, 0.1) is 0 Å². The summed E-state index contributed by atoms with van der Waals surface area (Å²) in [4.78, 5) is 14.3. The first-order valence-electron chi connectivity index (χ1n) is 6.52. The quantitative estimate of drug-likeness (QED) is 0.840. The maximum absolute atomic E-state index is 12.5. The summed E-state index contributed by atoms with van der Waals surface area (Å²) in [5.41, 5.74) is 6.55. The van der Waals surface area contributed by atoms with Gasteiger partial charge in [-0.2, -0.15) is 0 Å². The second-order valence-electron chi connectivity index (χ2n) is 5.06. The molecule has 1 saturated carbocycles. The Morgan fingerprint density at radius 2 is 1.84 bits per heavy atom. The molecule has 3 nitrogen and oxygen atoms in total. The molecule has 1 amide bonds. The molecule has 0 bridgehead atoms. The Morgan fingerprint density at radius 1 is 1.21 bits per heavy atom. The Balaban J connectivity index is 2.21. The normalized spacial score (nSPS) is 16.4. The van der Waals surface area contributed by atoms with Gasteiger partial charge in [-0.3, -0.25) is 4.79 Å². The predicted molar refractivity (Wildman–Crippen MR) is 79.8 cm³/mol. The highest BCUT2D eigenvalue weighted by Crippen LogP contribution is 2.29. The van der Waals surface area contributed by atoms with Gasteiger partial charge < -0.3 is 10.6 Å². The lowest BCUT2D eigenvalue weighted by molar-refractivity contribution is 0.0696. The van der Waals surface area contributed by atoms with Crippen molar-refractivity contribution in [2.45, 2.75) is 38.1 Å². The van der Waals surface area contributed by atoms with Crippen LogP contribution in [-0.2, 0) is 0 Å². The molecule has 5 heteroatoms. The van der Waals surface area contributed by atoms with Crippen molar-refractivity contribution in [2.75, 3.05) is 12.8 Å². The molecular formula is C14H18Cl2N2O. The molecule has 0 aliphatic heterocycles. The van der Waals surface area contributed by atoms with Crippen molar-refractivity contribution >= 4 is 34.8 Å². The van der Waals surface area contributed by atoms with Gasteiger partial charge in [-0.25, -0.2) is 0 Å². The van der Waals surface area contributed by atoms with Gasteiger partial charge in [0, 0.05) is 13.1 Å². The molecule has 0 unspecified atom stereocenters. The number of hydrogen-bond acceptors (Lipinski definition) is 2. The molecule has 0 atom stereocenters. The number of nitrogens with two attached hydrogens (primary N) is 1. The smallest absolute Gasteiger partial charge is 0.255 e. The zero-order valence-electron chi connectivity index (χ0n) is 11.0. The topological polar surface area (TPSA) is 46.3 Å². The average molecular weight is 301 g/mol. The molecule has 2 N–H and O–H groups in total. The van der Waals surface area contributed by atoms with E-state index in [1.807, 2.05) is 7.05 Å². The highest BCUT2D eigenvalue weighted by molar-refractivity contribution is 6.38. The summed E-state index contributed by atoms with van der Waals surface area (Å²) in [7, 11) is 1.83. The summed E-state index contributed by atoms with van der Waals surface area (Å²) < 4.78 is 0. The van der Waals surface area contributed by atoms with Gasteiger partial charge in [-0.15, -0.1) is 0 Å². The second kappa shape index (κ2) is 6.02. The number of anilines is 1. The molecule has 0 aromatic heterocycles. The molecule has 1 fully saturated rings. The van der Waals surface area contributed by atoms with Crippen LogP contribution in [0.15, 0.2) is 12.1 Å². The lowest BCUT2D eigenvalue weighted by Crippen LogP contribution is -2.38. The molecule has 0 heterocycles. The van der Waals surface area contributed by atoms with Gasteiger partial charge >= 0.3 is 0 Å². The van der Waals surface area contributed by atoms with Crippen molar-refractivity contribution in [2.24, 2.45) is 0 Å². The third kappa shape index (κ3) is 3.15. The Morgan fingerprint density at radius 3 is 2.47 bits per heavy atom. The van der Waals surface area contributed by atoms with Crippen LogP contribution in [0.25, 0.3) is 0 Å². The van der Waals surface area contributed by atoms with E-state index in [0.29, 0.717) is 27.3 Å². The van der Waals surface area contributed by atoms with E-state index in [1.54, 1.807) is 11.0 Å². The zero-order valence-corrected chi connectivity index (χ0v) is 12.5. The highest BCUT2D eigenvalue weighted by Gasteiger charge is 2.24. The van der Waals surface area contributed by atoms with Crippen LogP contribution in [0.4, 0.5) is 5.69 Å². The van der Waals surface area contributed by atoms with E-state index in [0.717, 1.165) is 12.8 Å². The fourth-order valence-corrected chi connectivity index (χ4v) is 3.02.